The van der Waals surface area contributed by atoms with Crippen molar-refractivity contribution < 1.29 is 23.9 Å². The lowest BCUT2D eigenvalue weighted by Crippen LogP contribution is -2.47. The van der Waals surface area contributed by atoms with Crippen LogP contribution in [0.3, 0.4) is 0 Å². The first kappa shape index (κ1) is 32.7. The molecule has 2 aromatic carbocycles. The third kappa shape index (κ3) is 7.47. The van der Waals surface area contributed by atoms with Gasteiger partial charge in [0, 0.05) is 68.6 Å². The molecule has 13 heteroatoms. The maximum Gasteiger partial charge on any atom is 0.254 e. The second-order valence-corrected chi connectivity index (χ2v) is 11.0. The Bertz CT molecular complexity index is 1550. The average Bonchev–Trinajstić information content (AvgIpc) is 3.03. The molecular weight excluding hydrogens is 607 g/mol. The minimum absolute atomic E-state index is 0.0999. The molecule has 44 heavy (non-hydrogen) atoms. The summed E-state index contributed by atoms with van der Waals surface area (Å²) in [6.07, 6.45) is 2.67. The molecule has 1 N–H and O–H groups in total. The summed E-state index contributed by atoms with van der Waals surface area (Å²) in [4.78, 5) is 52.8. The van der Waals surface area contributed by atoms with Crippen molar-refractivity contribution in [1.29, 1.82) is 0 Å². The van der Waals surface area contributed by atoms with Crippen molar-refractivity contribution in [3.8, 4) is 11.5 Å². The second kappa shape index (κ2) is 14.5. The number of likely N-dealkylation sites (N-methyl/N-ethyl adjacent to an activating group) is 2. The fourth-order valence-electron chi connectivity index (χ4n) is 4.71. The summed E-state index contributed by atoms with van der Waals surface area (Å²) in [5, 5.41) is 3.24. The van der Waals surface area contributed by atoms with Gasteiger partial charge in [-0.05, 0) is 30.8 Å². The van der Waals surface area contributed by atoms with Crippen LogP contribution in [0, 0.1) is 0 Å². The van der Waals surface area contributed by atoms with Gasteiger partial charge in [-0.25, -0.2) is 9.97 Å². The summed E-state index contributed by atoms with van der Waals surface area (Å²) >= 11 is 12.9. The van der Waals surface area contributed by atoms with Crippen molar-refractivity contribution in [3.63, 3.8) is 0 Å². The van der Waals surface area contributed by atoms with Gasteiger partial charge in [-0.2, -0.15) is 0 Å². The van der Waals surface area contributed by atoms with Crippen LogP contribution in [0.25, 0.3) is 0 Å². The average molecular weight is 642 g/mol. The molecule has 4 rings (SSSR count). The van der Waals surface area contributed by atoms with Crippen LogP contribution in [0.15, 0.2) is 49.3 Å². The van der Waals surface area contributed by atoms with Gasteiger partial charge in [-0.3, -0.25) is 19.3 Å². The highest BCUT2D eigenvalue weighted by molar-refractivity contribution is 6.38. The molecule has 0 saturated carbocycles. The lowest BCUT2D eigenvalue weighted by molar-refractivity contribution is -0.117. The van der Waals surface area contributed by atoms with Crippen molar-refractivity contribution in [2.45, 2.75) is 12.8 Å². The summed E-state index contributed by atoms with van der Waals surface area (Å²) in [6.45, 7) is 6.39. The van der Waals surface area contributed by atoms with E-state index in [0.717, 1.165) is 18.7 Å². The van der Waals surface area contributed by atoms with Crippen LogP contribution >= 0.6 is 23.2 Å². The molecule has 3 aromatic rings. The normalized spacial score (nSPS) is 13.3. The summed E-state index contributed by atoms with van der Waals surface area (Å²) in [6, 6.07) is 8.44. The highest BCUT2D eigenvalue weighted by atomic mass is 35.5. The van der Waals surface area contributed by atoms with E-state index in [1.807, 2.05) is 7.05 Å². The number of nitrogens with zero attached hydrogens (tertiary/aromatic N) is 5. The number of halogens is 2. The first-order valence-electron chi connectivity index (χ1n) is 13.8. The fraction of sp³-hybridized carbons (Fsp3) is 0.323. The summed E-state index contributed by atoms with van der Waals surface area (Å²) < 4.78 is 10.6. The number of hydrogen-bond donors (Lipinski definition) is 1. The van der Waals surface area contributed by atoms with Crippen LogP contribution in [0.4, 0.5) is 11.5 Å². The number of ether oxygens (including phenoxy) is 2. The van der Waals surface area contributed by atoms with Gasteiger partial charge in [-0.1, -0.05) is 35.8 Å². The molecule has 0 atom stereocenters. The summed E-state index contributed by atoms with van der Waals surface area (Å²) in [5.74, 6) is 0.171. The SMILES string of the molecule is C=CC(=O)Nc1cc(C(=O)N2CCN(C)CC2)ccc1Cc1cc(N(C)C(=O)Cc2c(Cl)c(OC)cc(OC)c2Cl)ncn1. The van der Waals surface area contributed by atoms with E-state index in [-0.39, 0.29) is 34.7 Å². The Balaban J connectivity index is 1.56. The summed E-state index contributed by atoms with van der Waals surface area (Å²) in [5.41, 5.74) is 2.61. The number of amides is 3. The van der Waals surface area contributed by atoms with Gasteiger partial charge in [0.05, 0.1) is 36.4 Å². The van der Waals surface area contributed by atoms with E-state index in [1.54, 1.807) is 42.3 Å². The number of hydrogen-bond acceptors (Lipinski definition) is 8. The lowest BCUT2D eigenvalue weighted by atomic mass is 10.0. The maximum atomic E-state index is 13.3. The zero-order valence-electron chi connectivity index (χ0n) is 25.0. The van der Waals surface area contributed by atoms with Gasteiger partial charge in [0.1, 0.15) is 23.6 Å². The van der Waals surface area contributed by atoms with Crippen molar-refractivity contribution >= 4 is 52.4 Å². The Morgan fingerprint density at radius 3 is 2.30 bits per heavy atom. The molecule has 0 unspecified atom stereocenters. The number of carbonyl (C=O) groups excluding carboxylic acids is 3. The number of benzene rings is 2. The lowest BCUT2D eigenvalue weighted by Gasteiger charge is -2.32. The van der Waals surface area contributed by atoms with Crippen LogP contribution < -0.4 is 19.7 Å². The highest BCUT2D eigenvalue weighted by Gasteiger charge is 2.24. The van der Waals surface area contributed by atoms with Crippen LogP contribution in [0.1, 0.15) is 27.2 Å². The molecule has 0 aliphatic carbocycles. The van der Waals surface area contributed by atoms with Crippen molar-refractivity contribution in [2.24, 2.45) is 0 Å². The zero-order chi connectivity index (χ0) is 32.0. The van der Waals surface area contributed by atoms with Gasteiger partial charge in [0.15, 0.2) is 0 Å². The zero-order valence-corrected chi connectivity index (χ0v) is 26.5. The van der Waals surface area contributed by atoms with Crippen LogP contribution in [-0.2, 0) is 22.4 Å². The minimum atomic E-state index is -0.407. The van der Waals surface area contributed by atoms with Crippen molar-refractivity contribution in [3.05, 3.63) is 81.7 Å². The molecule has 0 radical (unpaired) electrons. The summed E-state index contributed by atoms with van der Waals surface area (Å²) in [7, 11) is 6.53. The molecule has 2 heterocycles. The Morgan fingerprint density at radius 1 is 1.02 bits per heavy atom. The van der Waals surface area contributed by atoms with Crippen LogP contribution in [0.2, 0.25) is 10.0 Å². The minimum Gasteiger partial charge on any atom is -0.495 e. The Morgan fingerprint density at radius 2 is 1.68 bits per heavy atom. The first-order chi connectivity index (χ1) is 21.1. The molecule has 1 aliphatic heterocycles. The number of nitrogens with one attached hydrogen (secondary N) is 1. The van der Waals surface area contributed by atoms with Crippen molar-refractivity contribution in [1.82, 2.24) is 19.8 Å². The molecule has 0 bridgehead atoms. The van der Waals surface area contributed by atoms with E-state index in [1.165, 1.54) is 31.5 Å². The largest absolute Gasteiger partial charge is 0.495 e. The Hall–Kier alpha value is -4.19. The van der Waals surface area contributed by atoms with E-state index in [2.05, 4.69) is 26.8 Å². The molecule has 11 nitrogen and oxygen atoms in total. The van der Waals surface area contributed by atoms with Crippen molar-refractivity contribution in [2.75, 3.05) is 64.7 Å². The van der Waals surface area contributed by atoms with E-state index >= 15 is 0 Å². The molecule has 1 saturated heterocycles. The van der Waals surface area contributed by atoms with Gasteiger partial charge >= 0.3 is 0 Å². The van der Waals surface area contributed by atoms with Crippen LogP contribution in [-0.4, -0.2) is 92.0 Å². The highest BCUT2D eigenvalue weighted by Crippen LogP contribution is 2.40. The maximum absolute atomic E-state index is 13.3. The molecular formula is C31H34Cl2N6O5. The smallest absolute Gasteiger partial charge is 0.254 e. The molecule has 0 spiro atoms. The quantitative estimate of drug-likeness (QED) is 0.329. The topological polar surface area (TPSA) is 117 Å². The predicted molar refractivity (Wildman–Crippen MR) is 170 cm³/mol. The number of piperazine rings is 1. The predicted octanol–water partition coefficient (Wildman–Crippen LogP) is 4.11. The van der Waals surface area contributed by atoms with Gasteiger partial charge in [0.25, 0.3) is 5.91 Å². The molecule has 3 amide bonds. The third-order valence-electron chi connectivity index (χ3n) is 7.38. The van der Waals surface area contributed by atoms with Gasteiger partial charge < -0.3 is 24.6 Å². The monoisotopic (exact) mass is 640 g/mol. The second-order valence-electron chi connectivity index (χ2n) is 10.2. The number of carbonyl (C=O) groups is 3. The molecule has 232 valence electrons. The number of methoxy groups -OCH3 is 2. The van der Waals surface area contributed by atoms with Crippen LogP contribution in [0.5, 0.6) is 11.5 Å². The standard InChI is InChI=1S/C31H34Cl2N6O5/c1-6-27(40)36-23-14-20(31(42)39-11-9-37(2)10-12-39)8-7-19(23)13-21-15-26(35-18-34-21)38(3)28(41)16-22-29(32)24(43-4)17-25(44-5)30(22)33/h6-8,14-15,17-18H,1,9-13,16H2,2-5H3,(H,36,40). The number of anilines is 2. The molecule has 1 aliphatic rings. The first-order valence-corrected chi connectivity index (χ1v) is 14.5. The van der Waals surface area contributed by atoms with E-state index in [4.69, 9.17) is 32.7 Å². The number of aromatic nitrogens is 2. The molecule has 1 fully saturated rings. The molecule has 1 aromatic heterocycles. The van der Waals surface area contributed by atoms with E-state index in [9.17, 15) is 14.4 Å². The van der Waals surface area contributed by atoms with E-state index < -0.39 is 5.91 Å². The number of rotatable bonds is 10. The van der Waals surface area contributed by atoms with E-state index in [0.29, 0.717) is 52.9 Å². The Kier molecular flexibility index (Phi) is 10.8. The Labute approximate surface area is 266 Å². The van der Waals surface area contributed by atoms with Gasteiger partial charge in [0.2, 0.25) is 11.8 Å². The fourth-order valence-corrected chi connectivity index (χ4v) is 5.34. The van der Waals surface area contributed by atoms with Gasteiger partial charge in [-0.15, -0.1) is 0 Å². The third-order valence-corrected chi connectivity index (χ3v) is 8.21.